The first kappa shape index (κ1) is 11.5. The normalized spacial score (nSPS) is 12.8. The molecule has 0 bridgehead atoms. The van der Waals surface area contributed by atoms with Crippen molar-refractivity contribution in [3.63, 3.8) is 0 Å². The number of nitrogens with two attached hydrogens (primary N) is 1. The zero-order valence-electron chi connectivity index (χ0n) is 8.69. The Morgan fingerprint density at radius 3 is 2.38 bits per heavy atom. The molecule has 84 valence electrons. The zero-order valence-corrected chi connectivity index (χ0v) is 10.2. The Morgan fingerprint density at radius 1 is 1.25 bits per heavy atom. The lowest BCUT2D eigenvalue weighted by Crippen LogP contribution is -2.04. The smallest absolute Gasteiger partial charge is 0.0995 e. The zero-order chi connectivity index (χ0) is 11.7. The van der Waals surface area contributed by atoms with E-state index in [9.17, 15) is 0 Å². The lowest BCUT2D eigenvalue weighted by Gasteiger charge is -2.03. The number of hydrogen-bond acceptors (Lipinski definition) is 2. The van der Waals surface area contributed by atoms with Gasteiger partial charge in [0.25, 0.3) is 0 Å². The minimum atomic E-state index is -0.0871. The van der Waals surface area contributed by atoms with Crippen molar-refractivity contribution in [3.05, 3.63) is 46.5 Å². The van der Waals surface area contributed by atoms with Gasteiger partial charge in [-0.2, -0.15) is 0 Å². The van der Waals surface area contributed by atoms with Gasteiger partial charge in [-0.1, -0.05) is 23.2 Å². The minimum absolute atomic E-state index is 0.0871. The van der Waals surface area contributed by atoms with Gasteiger partial charge >= 0.3 is 0 Å². The summed E-state index contributed by atoms with van der Waals surface area (Å²) in [4.78, 5) is 4.20. The molecule has 0 aliphatic rings. The summed E-state index contributed by atoms with van der Waals surface area (Å²) in [7, 11) is 0. The van der Waals surface area contributed by atoms with Crippen LogP contribution in [0.1, 0.15) is 18.7 Å². The van der Waals surface area contributed by atoms with Gasteiger partial charge < -0.3 is 10.3 Å². The van der Waals surface area contributed by atoms with Crippen molar-refractivity contribution < 1.29 is 0 Å². The average molecular weight is 256 g/mol. The van der Waals surface area contributed by atoms with E-state index in [-0.39, 0.29) is 6.04 Å². The van der Waals surface area contributed by atoms with Gasteiger partial charge in [0.15, 0.2) is 0 Å². The van der Waals surface area contributed by atoms with Crippen LogP contribution < -0.4 is 5.73 Å². The molecule has 0 saturated heterocycles. The number of aromatic nitrogens is 2. The molecule has 2 N–H and O–H groups in total. The minimum Gasteiger partial charge on any atom is -0.323 e. The standard InChI is InChI=1S/C11H11Cl2N3/c1-7(14)11-5-16(6-15-11)10-3-8(12)2-9(13)4-10/h2-7H,14H2,1H3/t7-/m0/s1. The van der Waals surface area contributed by atoms with Crippen LogP contribution in [-0.4, -0.2) is 9.55 Å². The topological polar surface area (TPSA) is 43.8 Å². The van der Waals surface area contributed by atoms with Crippen LogP contribution in [0.25, 0.3) is 5.69 Å². The second kappa shape index (κ2) is 4.45. The van der Waals surface area contributed by atoms with Gasteiger partial charge in [-0.3, -0.25) is 0 Å². The van der Waals surface area contributed by atoms with Gasteiger partial charge in [-0.15, -0.1) is 0 Å². The number of hydrogen-bond donors (Lipinski definition) is 1. The average Bonchev–Trinajstić information content (AvgIpc) is 2.64. The predicted octanol–water partition coefficient (Wildman–Crippen LogP) is 3.20. The summed E-state index contributed by atoms with van der Waals surface area (Å²) in [6.45, 7) is 1.89. The van der Waals surface area contributed by atoms with E-state index in [4.69, 9.17) is 28.9 Å². The fraction of sp³-hybridized carbons (Fsp3) is 0.182. The van der Waals surface area contributed by atoms with Crippen LogP contribution in [0.15, 0.2) is 30.7 Å². The van der Waals surface area contributed by atoms with E-state index in [0.717, 1.165) is 11.4 Å². The summed E-state index contributed by atoms with van der Waals surface area (Å²) in [6, 6.07) is 5.24. The Bertz CT molecular complexity index is 485. The summed E-state index contributed by atoms with van der Waals surface area (Å²) >= 11 is 11.9. The quantitative estimate of drug-likeness (QED) is 0.896. The number of halogens is 2. The SMILES string of the molecule is C[C@H](N)c1cn(-c2cc(Cl)cc(Cl)c2)cn1. The summed E-state index contributed by atoms with van der Waals surface area (Å²) in [5.74, 6) is 0. The Kier molecular flexibility index (Phi) is 3.19. The van der Waals surface area contributed by atoms with Gasteiger partial charge in [0.05, 0.1) is 12.0 Å². The molecule has 0 saturated carbocycles. The van der Waals surface area contributed by atoms with E-state index in [1.807, 2.05) is 29.8 Å². The summed E-state index contributed by atoms with van der Waals surface area (Å²) in [5, 5.41) is 1.19. The fourth-order valence-corrected chi connectivity index (χ4v) is 1.92. The van der Waals surface area contributed by atoms with Crippen molar-refractivity contribution in [1.29, 1.82) is 0 Å². The third-order valence-corrected chi connectivity index (χ3v) is 2.65. The molecule has 0 amide bonds. The molecule has 2 aromatic rings. The van der Waals surface area contributed by atoms with Crippen molar-refractivity contribution in [2.45, 2.75) is 13.0 Å². The van der Waals surface area contributed by atoms with Crippen molar-refractivity contribution >= 4 is 23.2 Å². The van der Waals surface area contributed by atoms with E-state index in [1.54, 1.807) is 12.4 Å². The van der Waals surface area contributed by atoms with Crippen LogP contribution in [0.3, 0.4) is 0 Å². The maximum atomic E-state index is 5.93. The van der Waals surface area contributed by atoms with Gasteiger partial charge in [0.1, 0.15) is 0 Å². The first-order chi connectivity index (χ1) is 7.56. The highest BCUT2D eigenvalue weighted by molar-refractivity contribution is 6.34. The maximum Gasteiger partial charge on any atom is 0.0995 e. The van der Waals surface area contributed by atoms with Crippen LogP contribution in [-0.2, 0) is 0 Å². The van der Waals surface area contributed by atoms with Gasteiger partial charge in [0.2, 0.25) is 0 Å². The molecule has 5 heteroatoms. The summed E-state index contributed by atoms with van der Waals surface area (Å²) < 4.78 is 1.84. The molecule has 0 aliphatic carbocycles. The van der Waals surface area contributed by atoms with Crippen molar-refractivity contribution in [2.24, 2.45) is 5.73 Å². The number of rotatable bonds is 2. The van der Waals surface area contributed by atoms with E-state index in [1.165, 1.54) is 0 Å². The molecule has 2 rings (SSSR count). The van der Waals surface area contributed by atoms with Crippen LogP contribution in [0.5, 0.6) is 0 Å². The monoisotopic (exact) mass is 255 g/mol. The second-order valence-corrected chi connectivity index (χ2v) is 4.49. The lowest BCUT2D eigenvalue weighted by atomic mass is 10.3. The highest BCUT2D eigenvalue weighted by Crippen LogP contribution is 2.22. The Hall–Kier alpha value is -1.03. The van der Waals surface area contributed by atoms with Gasteiger partial charge in [0, 0.05) is 28.0 Å². The molecule has 0 radical (unpaired) electrons. The highest BCUT2D eigenvalue weighted by atomic mass is 35.5. The van der Waals surface area contributed by atoms with E-state index in [2.05, 4.69) is 4.98 Å². The first-order valence-corrected chi connectivity index (χ1v) is 5.58. The molecular weight excluding hydrogens is 245 g/mol. The van der Waals surface area contributed by atoms with Crippen molar-refractivity contribution in [2.75, 3.05) is 0 Å². The Morgan fingerprint density at radius 2 is 1.88 bits per heavy atom. The van der Waals surface area contributed by atoms with E-state index >= 15 is 0 Å². The Labute approximate surface area is 104 Å². The first-order valence-electron chi connectivity index (χ1n) is 4.82. The molecule has 1 atom stereocenters. The number of benzene rings is 1. The fourth-order valence-electron chi connectivity index (χ4n) is 1.40. The molecule has 0 spiro atoms. The molecular formula is C11H11Cl2N3. The van der Waals surface area contributed by atoms with Gasteiger partial charge in [-0.25, -0.2) is 4.98 Å². The van der Waals surface area contributed by atoms with Crippen molar-refractivity contribution in [3.8, 4) is 5.69 Å². The van der Waals surface area contributed by atoms with Crippen LogP contribution in [0.4, 0.5) is 0 Å². The summed E-state index contributed by atoms with van der Waals surface area (Å²) in [5.41, 5.74) is 7.44. The molecule has 1 aromatic carbocycles. The summed E-state index contributed by atoms with van der Waals surface area (Å²) in [6.07, 6.45) is 3.56. The molecule has 3 nitrogen and oxygen atoms in total. The molecule has 1 aromatic heterocycles. The number of imidazole rings is 1. The highest BCUT2D eigenvalue weighted by Gasteiger charge is 2.05. The van der Waals surface area contributed by atoms with E-state index < -0.39 is 0 Å². The maximum absolute atomic E-state index is 5.93. The third kappa shape index (κ3) is 2.38. The second-order valence-electron chi connectivity index (χ2n) is 3.62. The van der Waals surface area contributed by atoms with Crippen LogP contribution in [0, 0.1) is 0 Å². The van der Waals surface area contributed by atoms with Crippen LogP contribution in [0.2, 0.25) is 10.0 Å². The third-order valence-electron chi connectivity index (χ3n) is 2.21. The van der Waals surface area contributed by atoms with Crippen molar-refractivity contribution in [1.82, 2.24) is 9.55 Å². The molecule has 0 unspecified atom stereocenters. The molecule has 0 aliphatic heterocycles. The number of nitrogens with zero attached hydrogens (tertiary/aromatic N) is 2. The predicted molar refractivity (Wildman–Crippen MR) is 66.2 cm³/mol. The molecule has 1 heterocycles. The molecule has 0 fully saturated rings. The lowest BCUT2D eigenvalue weighted by molar-refractivity contribution is 0.788. The largest absolute Gasteiger partial charge is 0.323 e. The van der Waals surface area contributed by atoms with Crippen LogP contribution >= 0.6 is 23.2 Å². The Balaban J connectivity index is 2.42. The van der Waals surface area contributed by atoms with Gasteiger partial charge in [-0.05, 0) is 25.1 Å². The molecule has 16 heavy (non-hydrogen) atoms. The van der Waals surface area contributed by atoms with E-state index in [0.29, 0.717) is 10.0 Å².